The van der Waals surface area contributed by atoms with Gasteiger partial charge in [-0.3, -0.25) is 4.79 Å². The second-order valence-electron chi connectivity index (χ2n) is 4.41. The molecule has 0 aliphatic heterocycles. The Bertz CT molecular complexity index is 477. The number of benzene rings is 1. The van der Waals surface area contributed by atoms with E-state index in [0.29, 0.717) is 18.7 Å². The highest BCUT2D eigenvalue weighted by molar-refractivity contribution is 5.71. The van der Waals surface area contributed by atoms with Gasteiger partial charge in [0.15, 0.2) is 0 Å². The number of nitriles is 1. The van der Waals surface area contributed by atoms with Crippen LogP contribution in [-0.2, 0) is 4.79 Å². The van der Waals surface area contributed by atoms with Crippen molar-refractivity contribution in [1.29, 1.82) is 5.26 Å². The molecule has 0 spiro atoms. The van der Waals surface area contributed by atoms with Crippen molar-refractivity contribution in [3.8, 4) is 6.07 Å². The van der Waals surface area contributed by atoms with Crippen LogP contribution in [-0.4, -0.2) is 24.2 Å². The summed E-state index contributed by atoms with van der Waals surface area (Å²) in [5.41, 5.74) is 2.46. The van der Waals surface area contributed by atoms with E-state index in [-0.39, 0.29) is 0 Å². The number of anilines is 1. The fourth-order valence-electron chi connectivity index (χ4n) is 1.80. The molecule has 0 saturated heterocycles. The molecular weight excluding hydrogens is 228 g/mol. The molecule has 0 fully saturated rings. The lowest BCUT2D eigenvalue weighted by molar-refractivity contribution is -0.140. The highest BCUT2D eigenvalue weighted by Crippen LogP contribution is 2.22. The smallest absolute Gasteiger partial charge is 0.308 e. The van der Waals surface area contributed by atoms with Gasteiger partial charge in [-0.15, -0.1) is 0 Å². The average Bonchev–Trinajstić information content (AvgIpc) is 2.35. The lowest BCUT2D eigenvalue weighted by atomic mass is 10.1. The number of carboxylic acid groups (broad SMARTS) is 1. The normalized spacial score (nSPS) is 11.7. The van der Waals surface area contributed by atoms with Gasteiger partial charge in [-0.25, -0.2) is 0 Å². The molecule has 0 aliphatic carbocycles. The van der Waals surface area contributed by atoms with Crippen LogP contribution in [0.2, 0.25) is 0 Å². The second-order valence-corrected chi connectivity index (χ2v) is 4.41. The predicted octanol–water partition coefficient (Wildman–Crippen LogP) is 2.41. The number of carboxylic acids is 1. The minimum atomic E-state index is -0.820. The molecule has 0 amide bonds. The lowest BCUT2D eigenvalue weighted by Crippen LogP contribution is -2.32. The monoisotopic (exact) mass is 246 g/mol. The summed E-state index contributed by atoms with van der Waals surface area (Å²) in [4.78, 5) is 12.8. The summed E-state index contributed by atoms with van der Waals surface area (Å²) in [7, 11) is 0. The van der Waals surface area contributed by atoms with Gasteiger partial charge in [-0.05, 0) is 31.5 Å². The van der Waals surface area contributed by atoms with E-state index in [1.807, 2.05) is 30.9 Å². The minimum Gasteiger partial charge on any atom is -0.481 e. The zero-order valence-electron chi connectivity index (χ0n) is 11.0. The first-order valence-electron chi connectivity index (χ1n) is 5.98. The lowest BCUT2D eigenvalue weighted by Gasteiger charge is -2.26. The molecule has 4 nitrogen and oxygen atoms in total. The van der Waals surface area contributed by atoms with Crippen molar-refractivity contribution in [2.75, 3.05) is 18.0 Å². The molecule has 1 aromatic carbocycles. The van der Waals surface area contributed by atoms with Crippen LogP contribution in [0.15, 0.2) is 18.2 Å². The van der Waals surface area contributed by atoms with Gasteiger partial charge in [0.05, 0.1) is 17.2 Å². The van der Waals surface area contributed by atoms with Crippen molar-refractivity contribution in [2.24, 2.45) is 5.92 Å². The molecule has 0 aliphatic rings. The van der Waals surface area contributed by atoms with Gasteiger partial charge >= 0.3 is 5.97 Å². The Morgan fingerprint density at radius 1 is 1.56 bits per heavy atom. The number of aryl methyl sites for hydroxylation is 1. The first-order valence-corrected chi connectivity index (χ1v) is 5.98. The highest BCUT2D eigenvalue weighted by atomic mass is 16.4. The topological polar surface area (TPSA) is 64.3 Å². The minimum absolute atomic E-state index is 0.407. The summed E-state index contributed by atoms with van der Waals surface area (Å²) in [6.45, 7) is 6.67. The largest absolute Gasteiger partial charge is 0.481 e. The van der Waals surface area contributed by atoms with Crippen molar-refractivity contribution in [3.05, 3.63) is 29.3 Å². The standard InChI is InChI=1S/C14H18N2O2/c1-4-16(9-11(3)14(17)18)13-7-10(2)5-6-12(13)8-15/h5-7,11H,4,9H2,1-3H3,(H,17,18). The van der Waals surface area contributed by atoms with Crippen LogP contribution in [0.3, 0.4) is 0 Å². The summed E-state index contributed by atoms with van der Waals surface area (Å²) >= 11 is 0. The molecule has 1 N–H and O–H groups in total. The van der Waals surface area contributed by atoms with E-state index in [0.717, 1.165) is 11.3 Å². The van der Waals surface area contributed by atoms with Gasteiger partial charge in [0.1, 0.15) is 6.07 Å². The summed E-state index contributed by atoms with van der Waals surface area (Å²) < 4.78 is 0. The number of nitrogens with zero attached hydrogens (tertiary/aromatic N) is 2. The zero-order chi connectivity index (χ0) is 13.7. The molecule has 18 heavy (non-hydrogen) atoms. The van der Waals surface area contributed by atoms with Gasteiger partial charge in [0.25, 0.3) is 0 Å². The summed E-state index contributed by atoms with van der Waals surface area (Å²) in [6, 6.07) is 7.74. The Labute approximate surface area is 107 Å². The summed E-state index contributed by atoms with van der Waals surface area (Å²) in [5, 5.41) is 18.1. The van der Waals surface area contributed by atoms with Crippen molar-refractivity contribution < 1.29 is 9.90 Å². The van der Waals surface area contributed by atoms with Crippen molar-refractivity contribution in [3.63, 3.8) is 0 Å². The molecule has 0 radical (unpaired) electrons. The number of rotatable bonds is 5. The SMILES string of the molecule is CCN(CC(C)C(=O)O)c1cc(C)ccc1C#N. The Morgan fingerprint density at radius 3 is 2.72 bits per heavy atom. The molecule has 0 aromatic heterocycles. The molecule has 96 valence electrons. The van der Waals surface area contributed by atoms with Crippen LogP contribution in [0.25, 0.3) is 0 Å². The van der Waals surface area contributed by atoms with E-state index in [2.05, 4.69) is 6.07 Å². The van der Waals surface area contributed by atoms with Gasteiger partial charge in [0, 0.05) is 13.1 Å². The third-order valence-electron chi connectivity index (χ3n) is 2.91. The van der Waals surface area contributed by atoms with Crippen molar-refractivity contribution in [2.45, 2.75) is 20.8 Å². The van der Waals surface area contributed by atoms with Gasteiger partial charge < -0.3 is 10.0 Å². The maximum atomic E-state index is 10.9. The van der Waals surface area contributed by atoms with E-state index < -0.39 is 11.9 Å². The number of hydrogen-bond donors (Lipinski definition) is 1. The third kappa shape index (κ3) is 3.24. The maximum Gasteiger partial charge on any atom is 0.308 e. The van der Waals surface area contributed by atoms with Gasteiger partial charge in [-0.1, -0.05) is 13.0 Å². The number of carbonyl (C=O) groups is 1. The zero-order valence-corrected chi connectivity index (χ0v) is 11.0. The van der Waals surface area contributed by atoms with Crippen LogP contribution in [0, 0.1) is 24.2 Å². The summed E-state index contributed by atoms with van der Waals surface area (Å²) in [5.74, 6) is -1.28. The van der Waals surface area contributed by atoms with Crippen LogP contribution >= 0.6 is 0 Å². The fourth-order valence-corrected chi connectivity index (χ4v) is 1.80. The first kappa shape index (κ1) is 14.0. The number of hydrogen-bond acceptors (Lipinski definition) is 3. The molecule has 1 unspecified atom stereocenters. The molecular formula is C14H18N2O2. The Balaban J connectivity index is 3.05. The molecule has 0 heterocycles. The van der Waals surface area contributed by atoms with Crippen LogP contribution in [0.5, 0.6) is 0 Å². The number of aliphatic carboxylic acids is 1. The van der Waals surface area contributed by atoms with E-state index >= 15 is 0 Å². The van der Waals surface area contributed by atoms with E-state index in [9.17, 15) is 4.79 Å². The van der Waals surface area contributed by atoms with Gasteiger partial charge in [-0.2, -0.15) is 5.26 Å². The molecule has 4 heteroatoms. The van der Waals surface area contributed by atoms with E-state index in [1.54, 1.807) is 13.0 Å². The Hall–Kier alpha value is -2.02. The van der Waals surface area contributed by atoms with Crippen LogP contribution in [0.4, 0.5) is 5.69 Å². The molecule has 0 bridgehead atoms. The predicted molar refractivity (Wildman–Crippen MR) is 70.6 cm³/mol. The molecule has 1 rings (SSSR count). The van der Waals surface area contributed by atoms with Crippen LogP contribution < -0.4 is 4.90 Å². The Morgan fingerprint density at radius 2 is 2.22 bits per heavy atom. The summed E-state index contributed by atoms with van der Waals surface area (Å²) in [6.07, 6.45) is 0. The maximum absolute atomic E-state index is 10.9. The van der Waals surface area contributed by atoms with Crippen molar-refractivity contribution in [1.82, 2.24) is 0 Å². The fraction of sp³-hybridized carbons (Fsp3) is 0.429. The van der Waals surface area contributed by atoms with E-state index in [4.69, 9.17) is 10.4 Å². The second kappa shape index (κ2) is 6.06. The van der Waals surface area contributed by atoms with Crippen molar-refractivity contribution >= 4 is 11.7 Å². The van der Waals surface area contributed by atoms with Gasteiger partial charge in [0.2, 0.25) is 0 Å². The van der Waals surface area contributed by atoms with E-state index in [1.165, 1.54) is 0 Å². The molecule has 0 saturated carbocycles. The van der Waals surface area contributed by atoms with Crippen LogP contribution in [0.1, 0.15) is 25.0 Å². The highest BCUT2D eigenvalue weighted by Gasteiger charge is 2.17. The first-order chi connectivity index (χ1) is 8.49. The average molecular weight is 246 g/mol. The quantitative estimate of drug-likeness (QED) is 0.866. The Kier molecular flexibility index (Phi) is 4.73. The molecule has 1 aromatic rings. The molecule has 1 atom stereocenters. The third-order valence-corrected chi connectivity index (χ3v) is 2.91.